The molecule has 9 rings (SSSR count). The van der Waals surface area contributed by atoms with Gasteiger partial charge in [0.1, 0.15) is 72.9 Å². The minimum Gasteiger partial charge on any atom is -0.394 e. The SMILES string of the molecule is CC1(C)CC[C@]23CO[C@@]4(CC[C@@H]5[C@@]6(C)CC[C@H](O[C@@H]7OC[C@H](O[C@@H]8O[C@H](CO)[C@@H](O)[C@H](O)[C@H]8O)[C@H](O)[C@H]7O[C@@H]7O[C@H](CO)[C@@H](O)[C@H](O)[C@H]7O)C(C)(C)[C@@H]6CC[C@@]5(C)[C@]4(C)CC2=O)[C@H]3C1. The standard InChI is InChI=1S/C47H76O17/c1-41(2)14-15-46-21-59-47(27(46)16-41)13-9-26-43(5)11-10-29(42(3,4)25(43)8-12-44(26,6)45(47,7)17-28(46)50)63-40-37(64-39-36(57)34(55)31(52)23(19-49)61-39)32(53)24(20-58-40)62-38-35(56)33(54)30(51)22(18-48)60-38/h22-27,29-40,48-49,51-57H,8-21H2,1-7H3/t22-,23-,24+,25+,26-,27+,29+,30-,31-,32+,33+,34+,35-,36-,37-,38+,39+,40+,43+,44-,45+,46-,47+/m1/s1. The molecule has 17 heteroatoms. The Bertz CT molecular complexity index is 1750. The predicted molar refractivity (Wildman–Crippen MR) is 223 cm³/mol. The summed E-state index contributed by atoms with van der Waals surface area (Å²) in [4.78, 5) is 14.6. The quantitative estimate of drug-likeness (QED) is 0.152. The maximum absolute atomic E-state index is 14.6. The van der Waals surface area contributed by atoms with E-state index in [0.29, 0.717) is 31.1 Å². The van der Waals surface area contributed by atoms with E-state index >= 15 is 0 Å². The van der Waals surface area contributed by atoms with Crippen molar-refractivity contribution in [2.24, 2.45) is 50.2 Å². The maximum Gasteiger partial charge on any atom is 0.187 e. The molecule has 64 heavy (non-hydrogen) atoms. The average molecular weight is 913 g/mol. The van der Waals surface area contributed by atoms with Crippen molar-refractivity contribution in [1.29, 1.82) is 0 Å². The number of fused-ring (bicyclic) bond motifs is 4. The zero-order chi connectivity index (χ0) is 46.3. The van der Waals surface area contributed by atoms with Gasteiger partial charge in [-0.3, -0.25) is 4.79 Å². The van der Waals surface area contributed by atoms with Gasteiger partial charge in [-0.15, -0.1) is 0 Å². The summed E-state index contributed by atoms with van der Waals surface area (Å²) in [6.07, 6.45) is -13.6. The molecule has 9 fully saturated rings. The van der Waals surface area contributed by atoms with Crippen molar-refractivity contribution in [3.8, 4) is 0 Å². The van der Waals surface area contributed by atoms with Crippen LogP contribution in [0.4, 0.5) is 0 Å². The fourth-order valence-electron chi connectivity index (χ4n) is 16.0. The van der Waals surface area contributed by atoms with Crippen molar-refractivity contribution in [2.45, 2.75) is 210 Å². The lowest BCUT2D eigenvalue weighted by molar-refractivity contribution is -0.382. The monoisotopic (exact) mass is 913 g/mol. The highest BCUT2D eigenvalue weighted by molar-refractivity contribution is 5.88. The highest BCUT2D eigenvalue weighted by atomic mass is 16.8. The van der Waals surface area contributed by atoms with Crippen LogP contribution in [0.25, 0.3) is 0 Å². The number of Topliss-reactive ketones (excluding diaryl/α,β-unsaturated/α-hetero) is 1. The molecule has 0 aromatic heterocycles. The van der Waals surface area contributed by atoms with Crippen LogP contribution in [-0.4, -0.2) is 176 Å². The number of carbonyl (C=O) groups excluding carboxylic acids is 1. The van der Waals surface area contributed by atoms with Crippen LogP contribution in [0.2, 0.25) is 0 Å². The van der Waals surface area contributed by atoms with Crippen LogP contribution in [0.15, 0.2) is 0 Å². The molecule has 4 heterocycles. The third kappa shape index (κ3) is 6.79. The summed E-state index contributed by atoms with van der Waals surface area (Å²) >= 11 is 0. The van der Waals surface area contributed by atoms with Gasteiger partial charge >= 0.3 is 0 Å². The first-order chi connectivity index (χ1) is 29.9. The lowest BCUT2D eigenvalue weighted by atomic mass is 9.30. The second kappa shape index (κ2) is 16.3. The largest absolute Gasteiger partial charge is 0.394 e. The van der Waals surface area contributed by atoms with Gasteiger partial charge in [0.15, 0.2) is 18.9 Å². The van der Waals surface area contributed by atoms with Crippen molar-refractivity contribution in [2.75, 3.05) is 26.4 Å². The van der Waals surface area contributed by atoms with Crippen molar-refractivity contribution >= 4 is 5.78 Å². The Hall–Kier alpha value is -0.970. The van der Waals surface area contributed by atoms with Gasteiger partial charge in [0.25, 0.3) is 0 Å². The first-order valence-electron chi connectivity index (χ1n) is 24.0. The van der Waals surface area contributed by atoms with E-state index in [0.717, 1.165) is 51.4 Å². The van der Waals surface area contributed by atoms with Crippen molar-refractivity contribution in [3.05, 3.63) is 0 Å². The molecule has 4 saturated heterocycles. The van der Waals surface area contributed by atoms with Crippen molar-refractivity contribution in [3.63, 3.8) is 0 Å². The minimum atomic E-state index is -1.81. The van der Waals surface area contributed by atoms with E-state index in [-0.39, 0.29) is 51.1 Å². The number of aliphatic hydroxyl groups excluding tert-OH is 9. The number of ketones is 1. The molecule has 0 radical (unpaired) electrons. The second-order valence-electron chi connectivity index (χ2n) is 23.6. The molecule has 17 nitrogen and oxygen atoms in total. The lowest BCUT2D eigenvalue weighted by Crippen LogP contribution is -2.73. The predicted octanol–water partition coefficient (Wildman–Crippen LogP) is 0.672. The van der Waals surface area contributed by atoms with Crippen LogP contribution in [0.3, 0.4) is 0 Å². The molecule has 4 aliphatic heterocycles. The van der Waals surface area contributed by atoms with E-state index in [9.17, 15) is 50.8 Å². The molecule has 0 amide bonds. The van der Waals surface area contributed by atoms with Crippen LogP contribution in [0.5, 0.6) is 0 Å². The summed E-state index contributed by atoms with van der Waals surface area (Å²) in [6, 6.07) is 0. The van der Waals surface area contributed by atoms with Crippen LogP contribution < -0.4 is 0 Å². The number of hydrogen-bond acceptors (Lipinski definition) is 17. The molecule has 366 valence electrons. The summed E-state index contributed by atoms with van der Waals surface area (Å²) in [6.45, 7) is 15.3. The molecular weight excluding hydrogens is 836 g/mol. The normalized spacial score (nSPS) is 56.7. The van der Waals surface area contributed by atoms with E-state index < -0.39 is 111 Å². The second-order valence-corrected chi connectivity index (χ2v) is 23.6. The molecule has 0 unspecified atom stereocenters. The molecule has 1 spiro atoms. The summed E-state index contributed by atoms with van der Waals surface area (Å²) in [5.74, 6) is 1.16. The maximum atomic E-state index is 14.6. The fraction of sp³-hybridized carbons (Fsp3) is 0.979. The summed E-state index contributed by atoms with van der Waals surface area (Å²) in [7, 11) is 0. The lowest BCUT2D eigenvalue weighted by Gasteiger charge is -2.74. The third-order valence-corrected chi connectivity index (χ3v) is 19.9. The zero-order valence-corrected chi connectivity index (χ0v) is 38.6. The molecule has 23 atom stereocenters. The highest BCUT2D eigenvalue weighted by Crippen LogP contribution is 2.80. The smallest absolute Gasteiger partial charge is 0.187 e. The third-order valence-electron chi connectivity index (χ3n) is 19.9. The first-order valence-corrected chi connectivity index (χ1v) is 24.0. The van der Waals surface area contributed by atoms with Crippen molar-refractivity contribution < 1.29 is 83.9 Å². The number of rotatable bonds is 8. The van der Waals surface area contributed by atoms with Gasteiger partial charge in [-0.1, -0.05) is 48.5 Å². The van der Waals surface area contributed by atoms with Gasteiger partial charge < -0.3 is 79.1 Å². The average Bonchev–Trinajstić information content (AvgIpc) is 3.52. The van der Waals surface area contributed by atoms with E-state index in [4.69, 9.17) is 33.2 Å². The molecule has 5 saturated carbocycles. The molecular formula is C47H76O17. The summed E-state index contributed by atoms with van der Waals surface area (Å²) in [5, 5.41) is 95.3. The van der Waals surface area contributed by atoms with Crippen LogP contribution in [-0.2, 0) is 38.0 Å². The highest BCUT2D eigenvalue weighted by Gasteiger charge is 2.80. The summed E-state index contributed by atoms with van der Waals surface area (Å²) in [5.41, 5.74) is -1.54. The number of hydrogen-bond donors (Lipinski definition) is 9. The molecule has 0 aromatic carbocycles. The van der Waals surface area contributed by atoms with E-state index in [1.54, 1.807) is 0 Å². The van der Waals surface area contributed by atoms with Gasteiger partial charge in [0, 0.05) is 17.8 Å². The molecule has 9 N–H and O–H groups in total. The van der Waals surface area contributed by atoms with Gasteiger partial charge in [0.05, 0.1) is 43.5 Å². The van der Waals surface area contributed by atoms with Gasteiger partial charge in [-0.25, -0.2) is 0 Å². The Morgan fingerprint density at radius 2 is 1.23 bits per heavy atom. The topological polar surface area (TPSA) is 264 Å². The van der Waals surface area contributed by atoms with Crippen LogP contribution in [0.1, 0.15) is 113 Å². The molecule has 9 aliphatic rings. The Labute approximate surface area is 376 Å². The number of aliphatic hydroxyl groups is 9. The molecule has 0 aromatic rings. The van der Waals surface area contributed by atoms with Crippen LogP contribution >= 0.6 is 0 Å². The Balaban J connectivity index is 0.963. The first kappa shape index (κ1) is 48.1. The fourth-order valence-corrected chi connectivity index (χ4v) is 16.0. The zero-order valence-electron chi connectivity index (χ0n) is 38.6. The van der Waals surface area contributed by atoms with E-state index in [1.165, 1.54) is 0 Å². The van der Waals surface area contributed by atoms with Gasteiger partial charge in [0.2, 0.25) is 0 Å². The van der Waals surface area contributed by atoms with Crippen LogP contribution in [0, 0.1) is 50.2 Å². The van der Waals surface area contributed by atoms with E-state index in [1.807, 2.05) is 0 Å². The van der Waals surface area contributed by atoms with Crippen molar-refractivity contribution in [1.82, 2.24) is 0 Å². The molecule has 5 aliphatic carbocycles. The number of carbonyl (C=O) groups is 1. The van der Waals surface area contributed by atoms with E-state index in [2.05, 4.69) is 48.5 Å². The Morgan fingerprint density at radius 3 is 1.86 bits per heavy atom. The van der Waals surface area contributed by atoms with Gasteiger partial charge in [-0.2, -0.15) is 0 Å². The molecule has 2 bridgehead atoms. The summed E-state index contributed by atoms with van der Waals surface area (Å²) < 4.78 is 43.8. The minimum absolute atomic E-state index is 0.105. The van der Waals surface area contributed by atoms with Gasteiger partial charge in [-0.05, 0) is 91.3 Å². The Kier molecular flexibility index (Phi) is 12.2. The number of ether oxygens (including phenoxy) is 7. The Morgan fingerprint density at radius 1 is 0.625 bits per heavy atom.